The summed E-state index contributed by atoms with van der Waals surface area (Å²) in [4.78, 5) is 19.9. The van der Waals surface area contributed by atoms with E-state index in [1.54, 1.807) is 17.8 Å². The topological polar surface area (TPSA) is 115 Å². The summed E-state index contributed by atoms with van der Waals surface area (Å²) in [6.07, 6.45) is 3.14. The third-order valence-corrected chi connectivity index (χ3v) is 6.78. The molecule has 10 heteroatoms. The Morgan fingerprint density at radius 1 is 1.22 bits per heavy atom. The van der Waals surface area contributed by atoms with Gasteiger partial charge in [0, 0.05) is 36.1 Å². The molecule has 1 aliphatic rings. The molecule has 2 aromatic carbocycles. The number of carbonyl (C=O) groups excluding carboxylic acids is 1. The molecule has 5 rings (SSSR count). The average molecular weight is 503 g/mol. The molecule has 0 aliphatic carbocycles. The third-order valence-electron chi connectivity index (χ3n) is 5.89. The molecule has 3 N–H and O–H groups in total. The second-order valence-corrected chi connectivity index (χ2v) is 9.16. The highest BCUT2D eigenvalue weighted by Gasteiger charge is 2.26. The van der Waals surface area contributed by atoms with Gasteiger partial charge in [0.15, 0.2) is 0 Å². The van der Waals surface area contributed by atoms with Crippen LogP contribution in [0.4, 0.5) is 11.4 Å². The predicted molar refractivity (Wildman–Crippen MR) is 140 cm³/mol. The van der Waals surface area contributed by atoms with Gasteiger partial charge < -0.3 is 25.4 Å². The molecule has 0 spiro atoms. The Kier molecular flexibility index (Phi) is 7.17. The molecule has 3 heterocycles. The number of hydrogen-bond acceptors (Lipinski definition) is 9. The van der Waals surface area contributed by atoms with Crippen LogP contribution in [0.5, 0.6) is 11.5 Å². The smallest absolute Gasteiger partial charge is 0.275 e. The van der Waals surface area contributed by atoms with Crippen molar-refractivity contribution in [2.45, 2.75) is 13.0 Å². The SMILES string of the molecule is Cc1c(Oc2ccccc2)ccc(NC(=O)c2csc(-c3ccnnc3)n2)c1N1CCO[C@H](CN)C1. The summed E-state index contributed by atoms with van der Waals surface area (Å²) in [6, 6.07) is 15.2. The number of aromatic nitrogens is 3. The van der Waals surface area contributed by atoms with Crippen LogP contribution in [-0.4, -0.2) is 53.4 Å². The van der Waals surface area contributed by atoms with E-state index in [-0.39, 0.29) is 12.0 Å². The largest absolute Gasteiger partial charge is 0.457 e. The fraction of sp³-hybridized carbons (Fsp3) is 0.231. The second kappa shape index (κ2) is 10.8. The summed E-state index contributed by atoms with van der Waals surface area (Å²) in [5, 5.41) is 13.2. The minimum atomic E-state index is -0.291. The number of morpholine rings is 1. The molecule has 0 radical (unpaired) electrons. The van der Waals surface area contributed by atoms with Crippen molar-refractivity contribution < 1.29 is 14.3 Å². The van der Waals surface area contributed by atoms with Crippen LogP contribution in [0.25, 0.3) is 10.6 Å². The van der Waals surface area contributed by atoms with E-state index in [1.165, 1.54) is 11.3 Å². The molecule has 1 fully saturated rings. The molecule has 1 amide bonds. The summed E-state index contributed by atoms with van der Waals surface area (Å²) in [5.74, 6) is 1.16. The maximum atomic E-state index is 13.2. The fourth-order valence-corrected chi connectivity index (χ4v) is 4.89. The molecule has 0 unspecified atom stereocenters. The van der Waals surface area contributed by atoms with Gasteiger partial charge in [0.1, 0.15) is 22.2 Å². The lowest BCUT2D eigenvalue weighted by atomic mass is 10.1. The van der Waals surface area contributed by atoms with Crippen LogP contribution in [0.3, 0.4) is 0 Å². The number of hydrogen-bond donors (Lipinski definition) is 2. The quantitative estimate of drug-likeness (QED) is 0.388. The number of para-hydroxylation sites is 1. The van der Waals surface area contributed by atoms with Gasteiger partial charge in [0.25, 0.3) is 5.91 Å². The van der Waals surface area contributed by atoms with E-state index in [0.29, 0.717) is 48.4 Å². The first-order chi connectivity index (χ1) is 17.6. The van der Waals surface area contributed by atoms with E-state index in [9.17, 15) is 4.79 Å². The van der Waals surface area contributed by atoms with E-state index in [1.807, 2.05) is 55.5 Å². The lowest BCUT2D eigenvalue weighted by molar-refractivity contribution is 0.0466. The number of amides is 1. The molecule has 1 aliphatic heterocycles. The number of anilines is 2. The molecule has 4 aromatic rings. The van der Waals surface area contributed by atoms with Gasteiger partial charge in [-0.1, -0.05) is 18.2 Å². The molecule has 0 saturated carbocycles. The van der Waals surface area contributed by atoms with Gasteiger partial charge >= 0.3 is 0 Å². The zero-order chi connectivity index (χ0) is 24.9. The van der Waals surface area contributed by atoms with Gasteiger partial charge in [-0.3, -0.25) is 4.79 Å². The summed E-state index contributed by atoms with van der Waals surface area (Å²) >= 11 is 1.38. The molecule has 36 heavy (non-hydrogen) atoms. The zero-order valence-corrected chi connectivity index (χ0v) is 20.6. The van der Waals surface area contributed by atoms with Crippen molar-refractivity contribution in [1.82, 2.24) is 15.2 Å². The monoisotopic (exact) mass is 502 g/mol. The first-order valence-corrected chi connectivity index (χ1v) is 12.5. The van der Waals surface area contributed by atoms with Gasteiger partial charge in [-0.05, 0) is 37.3 Å². The number of nitrogens with zero attached hydrogens (tertiary/aromatic N) is 4. The number of ether oxygens (including phenoxy) is 2. The van der Waals surface area contributed by atoms with Crippen LogP contribution < -0.4 is 20.7 Å². The molecular weight excluding hydrogens is 476 g/mol. The Hall–Kier alpha value is -3.86. The number of carbonyl (C=O) groups is 1. The van der Waals surface area contributed by atoms with Crippen molar-refractivity contribution in [3.8, 4) is 22.1 Å². The lowest BCUT2D eigenvalue weighted by Crippen LogP contribution is -2.46. The molecule has 1 atom stereocenters. The Bertz CT molecular complexity index is 1330. The highest BCUT2D eigenvalue weighted by atomic mass is 32.1. The van der Waals surface area contributed by atoms with Gasteiger partial charge in [-0.25, -0.2) is 4.98 Å². The van der Waals surface area contributed by atoms with Gasteiger partial charge in [0.05, 0.1) is 36.5 Å². The van der Waals surface area contributed by atoms with Crippen molar-refractivity contribution in [2.24, 2.45) is 5.73 Å². The summed E-state index contributed by atoms with van der Waals surface area (Å²) in [6.45, 7) is 4.25. The zero-order valence-electron chi connectivity index (χ0n) is 19.8. The number of thiazole rings is 1. The minimum absolute atomic E-state index is 0.0875. The van der Waals surface area contributed by atoms with Crippen molar-refractivity contribution in [3.05, 3.63) is 77.6 Å². The third kappa shape index (κ3) is 5.20. The second-order valence-electron chi connectivity index (χ2n) is 8.30. The lowest BCUT2D eigenvalue weighted by Gasteiger charge is -2.36. The molecule has 2 aromatic heterocycles. The molecule has 0 bridgehead atoms. The van der Waals surface area contributed by atoms with E-state index < -0.39 is 0 Å². The van der Waals surface area contributed by atoms with Crippen LogP contribution in [-0.2, 0) is 4.74 Å². The molecule has 9 nitrogen and oxygen atoms in total. The predicted octanol–water partition coefficient (Wildman–Crippen LogP) is 4.12. The Balaban J connectivity index is 1.45. The molecule has 184 valence electrons. The number of benzene rings is 2. The average Bonchev–Trinajstić information content (AvgIpc) is 3.42. The number of rotatable bonds is 7. The number of nitrogens with one attached hydrogen (secondary N) is 1. The van der Waals surface area contributed by atoms with Crippen LogP contribution in [0, 0.1) is 6.92 Å². The van der Waals surface area contributed by atoms with Crippen molar-refractivity contribution in [1.29, 1.82) is 0 Å². The summed E-state index contributed by atoms with van der Waals surface area (Å²) < 4.78 is 11.9. The van der Waals surface area contributed by atoms with Crippen LogP contribution in [0.1, 0.15) is 16.1 Å². The van der Waals surface area contributed by atoms with Crippen molar-refractivity contribution in [2.75, 3.05) is 36.5 Å². The fourth-order valence-electron chi connectivity index (χ4n) is 4.10. The van der Waals surface area contributed by atoms with Gasteiger partial charge in [-0.15, -0.1) is 11.3 Å². The summed E-state index contributed by atoms with van der Waals surface area (Å²) in [5.41, 5.74) is 9.52. The molecular formula is C26H26N6O3S. The Morgan fingerprint density at radius 3 is 2.86 bits per heavy atom. The van der Waals surface area contributed by atoms with Gasteiger partial charge in [-0.2, -0.15) is 10.2 Å². The summed E-state index contributed by atoms with van der Waals surface area (Å²) in [7, 11) is 0. The maximum absolute atomic E-state index is 13.2. The van der Waals surface area contributed by atoms with E-state index >= 15 is 0 Å². The van der Waals surface area contributed by atoms with E-state index in [2.05, 4.69) is 25.4 Å². The standard InChI is InChI=1S/C26H26N6O3S/c1-17-23(35-19-5-3-2-4-6-19)8-7-21(24(17)32-11-12-34-20(13-27)15-32)30-25(33)22-16-36-26(31-22)18-9-10-28-29-14-18/h2-10,14,16,20H,11-13,15,27H2,1H3,(H,30,33)/t20-/m1/s1. The van der Waals surface area contributed by atoms with Gasteiger partial charge in [0.2, 0.25) is 0 Å². The maximum Gasteiger partial charge on any atom is 0.275 e. The molecule has 1 saturated heterocycles. The minimum Gasteiger partial charge on any atom is -0.457 e. The van der Waals surface area contributed by atoms with Crippen LogP contribution >= 0.6 is 11.3 Å². The van der Waals surface area contributed by atoms with E-state index in [0.717, 1.165) is 22.6 Å². The normalized spacial score (nSPS) is 15.5. The van der Waals surface area contributed by atoms with Crippen molar-refractivity contribution >= 4 is 28.6 Å². The first kappa shape index (κ1) is 23.9. The highest BCUT2D eigenvalue weighted by molar-refractivity contribution is 7.13. The van der Waals surface area contributed by atoms with Crippen LogP contribution in [0.15, 0.2) is 66.3 Å². The van der Waals surface area contributed by atoms with E-state index in [4.69, 9.17) is 15.2 Å². The number of nitrogens with two attached hydrogens (primary N) is 1. The first-order valence-electron chi connectivity index (χ1n) is 11.6. The van der Waals surface area contributed by atoms with Crippen LogP contribution in [0.2, 0.25) is 0 Å². The highest BCUT2D eigenvalue weighted by Crippen LogP contribution is 2.39. The van der Waals surface area contributed by atoms with Crippen molar-refractivity contribution in [3.63, 3.8) is 0 Å². The Morgan fingerprint density at radius 2 is 2.08 bits per heavy atom. The Labute approximate surface area is 212 Å².